The van der Waals surface area contributed by atoms with Crippen LogP contribution in [0.1, 0.15) is 2.85 Å². The Morgan fingerprint density at radius 3 is 1.33 bits per heavy atom. The predicted octanol–water partition coefficient (Wildman–Crippen LogP) is -1.08. The molecule has 0 aromatic heterocycles. The van der Waals surface area contributed by atoms with Crippen molar-refractivity contribution in [3.8, 4) is 0 Å². The molecule has 0 atom stereocenters. The van der Waals surface area contributed by atoms with Crippen LogP contribution in [-0.2, 0) is 4.57 Å². The van der Waals surface area contributed by atoms with Gasteiger partial charge in [0, 0.05) is 0 Å². The molecule has 0 fully saturated rings. The van der Waals surface area contributed by atoms with Gasteiger partial charge in [0.25, 0.3) is 0 Å². The van der Waals surface area contributed by atoms with Gasteiger partial charge in [0.05, 0.1) is 0 Å². The Hall–Kier alpha value is 1.68. The van der Waals surface area contributed by atoms with Crippen molar-refractivity contribution in [2.45, 2.75) is 0 Å². The van der Waals surface area contributed by atoms with E-state index in [0.29, 0.717) is 0 Å². The van der Waals surface area contributed by atoms with Crippen molar-refractivity contribution >= 4 is 56.7 Å². The maximum Gasteiger partial charge on any atom is 2.00 e. The van der Waals surface area contributed by atoms with Crippen LogP contribution in [0.3, 0.4) is 0 Å². The Bertz CT molecular complexity index is 60.2. The molecular weight excluding hydrogens is 232 g/mol. The summed E-state index contributed by atoms with van der Waals surface area (Å²) in [5.74, 6) is 0. The first kappa shape index (κ1) is 10.6. The van der Waals surface area contributed by atoms with E-state index in [9.17, 15) is 0 Å². The fraction of sp³-hybridized carbons (Fsp3) is 0. The normalized spacial score (nSPS) is 9.83. The molecule has 0 bridgehead atoms. The van der Waals surface area contributed by atoms with Gasteiger partial charge < -0.3 is 14.7 Å². The molecule has 6 heavy (non-hydrogen) atoms. The van der Waals surface area contributed by atoms with Crippen LogP contribution in [0.2, 0.25) is 0 Å². The summed E-state index contributed by atoms with van der Waals surface area (Å²) in [5.41, 5.74) is 0. The van der Waals surface area contributed by atoms with Gasteiger partial charge in [0.15, 0.2) is 0 Å². The molecule has 0 aromatic rings. The summed E-state index contributed by atoms with van der Waals surface area (Å²) in [6.45, 7) is 0. The summed E-state index contributed by atoms with van der Waals surface area (Å²) in [5, 5.41) is 0. The van der Waals surface area contributed by atoms with Crippen molar-refractivity contribution in [2.75, 3.05) is 0 Å². The molecule has 0 aliphatic carbocycles. The van der Waals surface area contributed by atoms with Crippen molar-refractivity contribution in [1.82, 2.24) is 0 Å². The van der Waals surface area contributed by atoms with Crippen LogP contribution in [-0.4, -0.2) is 63.6 Å². The average molecular weight is 237 g/mol. The monoisotopic (exact) mass is 238 g/mol. The molecule has 6 heteroatoms. The minimum absolute atomic E-state index is 0. The molecule has 0 aliphatic rings. The van der Waals surface area contributed by atoms with Crippen LogP contribution < -0.4 is 0 Å². The summed E-state index contributed by atoms with van der Waals surface area (Å²) in [7, 11) is -4.64. The second kappa shape index (κ2) is 3.66. The summed E-state index contributed by atoms with van der Waals surface area (Å²) >= 11 is 0. The maximum atomic E-state index is 8.88. The van der Waals surface area contributed by atoms with Gasteiger partial charge >= 0.3 is 59.6 Å². The van der Waals surface area contributed by atoms with Crippen LogP contribution >= 0.6 is 7.82 Å². The molecule has 0 aliphatic heterocycles. The van der Waals surface area contributed by atoms with E-state index in [2.05, 4.69) is 0 Å². The van der Waals surface area contributed by atoms with E-state index < -0.39 is 7.82 Å². The van der Waals surface area contributed by atoms with E-state index in [1.807, 2.05) is 0 Å². The number of phosphoric acid groups is 1. The zero-order chi connectivity index (χ0) is 4.50. The molecule has 0 unspecified atom stereocenters. The molecular formula is H5BaO4P+4. The Labute approximate surface area is 77.9 Å². The minimum atomic E-state index is -4.64. The molecule has 0 aromatic carbocycles. The number of hydrogen-bond donors (Lipinski definition) is 3. The molecule has 3 N–H and O–H groups in total. The average Bonchev–Trinajstić information content (AvgIpc) is 0.722. The first-order valence-corrected chi connectivity index (χ1v) is 2.35. The second-order valence-corrected chi connectivity index (χ2v) is 1.54. The Morgan fingerprint density at radius 1 is 1.33 bits per heavy atom. The van der Waals surface area contributed by atoms with Crippen LogP contribution in [0.15, 0.2) is 0 Å². The summed E-state index contributed by atoms with van der Waals surface area (Å²) in [6, 6.07) is 0. The van der Waals surface area contributed by atoms with Crippen LogP contribution in [0, 0.1) is 0 Å². The molecule has 0 amide bonds. The topological polar surface area (TPSA) is 77.8 Å². The first-order valence-electron chi connectivity index (χ1n) is 0.783. The largest absolute Gasteiger partial charge is 2.00 e. The van der Waals surface area contributed by atoms with Gasteiger partial charge in [0.1, 0.15) is 0 Å². The third-order valence-electron chi connectivity index (χ3n) is 0. The summed E-state index contributed by atoms with van der Waals surface area (Å²) < 4.78 is 8.88. The van der Waals surface area contributed by atoms with Gasteiger partial charge in [0.2, 0.25) is 0 Å². The van der Waals surface area contributed by atoms with E-state index >= 15 is 0 Å². The maximum absolute atomic E-state index is 8.88. The van der Waals surface area contributed by atoms with Gasteiger partial charge in [-0.25, -0.2) is 4.57 Å². The van der Waals surface area contributed by atoms with Crippen molar-refractivity contribution in [3.63, 3.8) is 0 Å². The standard InChI is InChI=1S/Ba.H3O4P/c;1-5(2,3)4/h;(H3,1,2,3,4)/q+2;/p+2. The Kier molecular flexibility index (Phi) is 6.47. The SMILES string of the molecule is O=P(O)(O)O.[Ba+2].[H+].[H+]. The number of hydrogen-bond acceptors (Lipinski definition) is 1. The molecule has 32 valence electrons. The van der Waals surface area contributed by atoms with E-state index in [0.717, 1.165) is 0 Å². The quantitative estimate of drug-likeness (QED) is 0.370. The van der Waals surface area contributed by atoms with Gasteiger partial charge in [-0.15, -0.1) is 0 Å². The third kappa shape index (κ3) is 44.0. The van der Waals surface area contributed by atoms with Crippen molar-refractivity contribution < 1.29 is 22.1 Å². The molecule has 0 rings (SSSR count). The van der Waals surface area contributed by atoms with Crippen LogP contribution in [0.25, 0.3) is 0 Å². The number of rotatable bonds is 0. The Balaban J connectivity index is -0.0000000267. The van der Waals surface area contributed by atoms with Crippen molar-refractivity contribution in [2.24, 2.45) is 0 Å². The van der Waals surface area contributed by atoms with Crippen LogP contribution in [0.5, 0.6) is 0 Å². The van der Waals surface area contributed by atoms with E-state index in [-0.39, 0.29) is 51.7 Å². The van der Waals surface area contributed by atoms with Gasteiger partial charge in [-0.2, -0.15) is 0 Å². The molecule has 0 saturated heterocycles. The minimum Gasteiger partial charge on any atom is -0.303 e. The molecule has 0 heterocycles. The summed E-state index contributed by atoms with van der Waals surface area (Å²) in [4.78, 5) is 21.6. The van der Waals surface area contributed by atoms with Crippen LogP contribution in [0.4, 0.5) is 0 Å². The Morgan fingerprint density at radius 2 is 1.33 bits per heavy atom. The molecule has 0 radical (unpaired) electrons. The summed E-state index contributed by atoms with van der Waals surface area (Å²) in [6.07, 6.45) is 0. The van der Waals surface area contributed by atoms with Crippen molar-refractivity contribution in [3.05, 3.63) is 0 Å². The first-order chi connectivity index (χ1) is 2.00. The van der Waals surface area contributed by atoms with Gasteiger partial charge in [-0.05, 0) is 0 Å². The van der Waals surface area contributed by atoms with Crippen molar-refractivity contribution in [1.29, 1.82) is 0 Å². The van der Waals surface area contributed by atoms with E-state index in [1.165, 1.54) is 0 Å². The third-order valence-corrected chi connectivity index (χ3v) is 0. The zero-order valence-corrected chi connectivity index (χ0v) is 8.24. The van der Waals surface area contributed by atoms with Gasteiger partial charge in [-0.3, -0.25) is 0 Å². The second-order valence-electron chi connectivity index (χ2n) is 0.513. The van der Waals surface area contributed by atoms with E-state index in [4.69, 9.17) is 19.2 Å². The van der Waals surface area contributed by atoms with Gasteiger partial charge in [-0.1, -0.05) is 0 Å². The smallest absolute Gasteiger partial charge is 0.303 e. The molecule has 0 spiro atoms. The molecule has 0 saturated carbocycles. The zero-order valence-electron chi connectivity index (χ0n) is 4.90. The fourth-order valence-electron chi connectivity index (χ4n) is 0. The van der Waals surface area contributed by atoms with E-state index in [1.54, 1.807) is 0 Å². The predicted molar refractivity (Wildman–Crippen MR) is 22.2 cm³/mol. The fourth-order valence-corrected chi connectivity index (χ4v) is 0. The molecule has 4 nitrogen and oxygen atoms in total.